The van der Waals surface area contributed by atoms with Crippen LogP contribution in [0, 0.1) is 22.7 Å². The fourth-order valence-electron chi connectivity index (χ4n) is 4.74. The summed E-state index contributed by atoms with van der Waals surface area (Å²) in [5.74, 6) is 0.192. The summed E-state index contributed by atoms with van der Waals surface area (Å²) < 4.78 is 0. The minimum absolute atomic E-state index is 0.0392. The molecule has 0 unspecified atom stereocenters. The summed E-state index contributed by atoms with van der Waals surface area (Å²) in [7, 11) is 0. The molecule has 0 radical (unpaired) electrons. The molecule has 0 spiro atoms. The van der Waals surface area contributed by atoms with Gasteiger partial charge in [0, 0.05) is 27.9 Å². The van der Waals surface area contributed by atoms with Crippen molar-refractivity contribution in [3.63, 3.8) is 0 Å². The Hall–Kier alpha value is -2.67. The zero-order valence-electron chi connectivity index (χ0n) is 16.1. The van der Waals surface area contributed by atoms with Crippen LogP contribution in [-0.4, -0.2) is 22.8 Å². The van der Waals surface area contributed by atoms with Crippen LogP contribution < -0.4 is 0 Å². The van der Waals surface area contributed by atoms with Gasteiger partial charge < -0.3 is 0 Å². The van der Waals surface area contributed by atoms with Crippen LogP contribution in [0.1, 0.15) is 72.7 Å². The van der Waals surface area contributed by atoms with Crippen LogP contribution in [0.15, 0.2) is 30.3 Å². The van der Waals surface area contributed by atoms with Crippen molar-refractivity contribution in [1.29, 1.82) is 5.26 Å². The van der Waals surface area contributed by atoms with Gasteiger partial charge in [-0.05, 0) is 55.2 Å². The van der Waals surface area contributed by atoms with E-state index in [2.05, 4.69) is 26.8 Å². The van der Waals surface area contributed by atoms with Crippen molar-refractivity contribution in [1.82, 2.24) is 4.90 Å². The van der Waals surface area contributed by atoms with E-state index in [0.29, 0.717) is 33.4 Å². The molecule has 2 aromatic rings. The first-order valence-electron chi connectivity index (χ1n) is 9.66. The van der Waals surface area contributed by atoms with Gasteiger partial charge in [0.2, 0.25) is 0 Å². The van der Waals surface area contributed by atoms with E-state index < -0.39 is 0 Å². The average molecular weight is 360 g/mol. The molecule has 1 fully saturated rings. The van der Waals surface area contributed by atoms with Crippen LogP contribution >= 0.6 is 0 Å². The van der Waals surface area contributed by atoms with Gasteiger partial charge in [0.05, 0.1) is 11.6 Å². The van der Waals surface area contributed by atoms with E-state index in [-0.39, 0.29) is 23.3 Å². The third-order valence-corrected chi connectivity index (χ3v) is 6.35. The molecule has 2 aromatic carbocycles. The molecule has 4 heteroatoms. The standard InChI is InChI=1S/C23H24N2O2/c1-23(2,3)15-8-10-16(11-9-15)25-21(26)18-6-4-5-17-14(13-24)7-12-19(20(17)18)22(25)27/h4-7,12,15-16H,8-11H2,1-3H3. The summed E-state index contributed by atoms with van der Waals surface area (Å²) in [6, 6.07) is 10.9. The summed E-state index contributed by atoms with van der Waals surface area (Å²) >= 11 is 0. The highest BCUT2D eigenvalue weighted by Gasteiger charge is 2.40. The lowest BCUT2D eigenvalue weighted by Gasteiger charge is -2.41. The Morgan fingerprint density at radius 2 is 1.59 bits per heavy atom. The van der Waals surface area contributed by atoms with Crippen LogP contribution in [0.4, 0.5) is 0 Å². The Morgan fingerprint density at radius 3 is 2.19 bits per heavy atom. The Morgan fingerprint density at radius 1 is 0.963 bits per heavy atom. The third kappa shape index (κ3) is 2.73. The quantitative estimate of drug-likeness (QED) is 0.679. The molecular formula is C23H24N2O2. The van der Waals surface area contributed by atoms with Gasteiger partial charge >= 0.3 is 0 Å². The topological polar surface area (TPSA) is 61.2 Å². The molecule has 1 saturated carbocycles. The van der Waals surface area contributed by atoms with Gasteiger partial charge in [-0.25, -0.2) is 0 Å². The molecule has 27 heavy (non-hydrogen) atoms. The maximum atomic E-state index is 13.2. The van der Waals surface area contributed by atoms with Crippen molar-refractivity contribution in [2.75, 3.05) is 0 Å². The molecule has 0 atom stereocenters. The van der Waals surface area contributed by atoms with Crippen molar-refractivity contribution in [3.8, 4) is 6.07 Å². The smallest absolute Gasteiger partial charge is 0.261 e. The number of nitrogens with zero attached hydrogens (tertiary/aromatic N) is 2. The summed E-state index contributed by atoms with van der Waals surface area (Å²) in [5.41, 5.74) is 1.83. The molecule has 1 aliphatic carbocycles. The van der Waals surface area contributed by atoms with Gasteiger partial charge in [-0.2, -0.15) is 5.26 Å². The van der Waals surface area contributed by atoms with E-state index >= 15 is 0 Å². The highest BCUT2D eigenvalue weighted by molar-refractivity contribution is 6.26. The largest absolute Gasteiger partial charge is 0.271 e. The highest BCUT2D eigenvalue weighted by Crippen LogP contribution is 2.41. The molecule has 0 bridgehead atoms. The zero-order valence-corrected chi connectivity index (χ0v) is 16.1. The summed E-state index contributed by atoms with van der Waals surface area (Å²) in [6.07, 6.45) is 3.80. The van der Waals surface area contributed by atoms with E-state index in [0.717, 1.165) is 25.7 Å². The van der Waals surface area contributed by atoms with Crippen LogP contribution in [0.2, 0.25) is 0 Å². The molecule has 2 aliphatic rings. The molecule has 0 N–H and O–H groups in total. The molecule has 0 saturated heterocycles. The van der Waals surface area contributed by atoms with Gasteiger partial charge in [0.15, 0.2) is 0 Å². The van der Waals surface area contributed by atoms with Crippen molar-refractivity contribution in [2.24, 2.45) is 11.3 Å². The van der Waals surface area contributed by atoms with Gasteiger partial charge in [0.1, 0.15) is 0 Å². The zero-order chi connectivity index (χ0) is 19.3. The third-order valence-electron chi connectivity index (χ3n) is 6.35. The Bertz CT molecular complexity index is 964. The summed E-state index contributed by atoms with van der Waals surface area (Å²) in [4.78, 5) is 27.9. The second-order valence-electron chi connectivity index (χ2n) is 8.85. The number of hydrogen-bond acceptors (Lipinski definition) is 3. The predicted molar refractivity (Wildman–Crippen MR) is 104 cm³/mol. The van der Waals surface area contributed by atoms with E-state index in [9.17, 15) is 14.9 Å². The molecule has 1 aliphatic heterocycles. The maximum absolute atomic E-state index is 13.2. The van der Waals surface area contributed by atoms with Crippen LogP contribution in [-0.2, 0) is 0 Å². The normalized spacial score (nSPS) is 22.8. The maximum Gasteiger partial charge on any atom is 0.261 e. The number of carbonyl (C=O) groups is 2. The minimum Gasteiger partial charge on any atom is -0.271 e. The van der Waals surface area contributed by atoms with Crippen LogP contribution in [0.25, 0.3) is 10.8 Å². The van der Waals surface area contributed by atoms with Crippen LogP contribution in [0.5, 0.6) is 0 Å². The molecular weight excluding hydrogens is 336 g/mol. The molecule has 4 rings (SSSR count). The molecule has 1 heterocycles. The van der Waals surface area contributed by atoms with E-state index in [1.165, 1.54) is 4.90 Å². The number of carbonyl (C=O) groups excluding carboxylic acids is 2. The lowest BCUT2D eigenvalue weighted by atomic mass is 9.71. The molecule has 0 aromatic heterocycles. The van der Waals surface area contributed by atoms with E-state index in [1.54, 1.807) is 24.3 Å². The second-order valence-corrected chi connectivity index (χ2v) is 8.85. The van der Waals surface area contributed by atoms with Gasteiger partial charge in [-0.1, -0.05) is 32.9 Å². The Balaban J connectivity index is 1.72. The van der Waals surface area contributed by atoms with Gasteiger partial charge in [-0.3, -0.25) is 14.5 Å². The lowest BCUT2D eigenvalue weighted by molar-refractivity contribution is 0.0446. The number of nitriles is 1. The van der Waals surface area contributed by atoms with Crippen molar-refractivity contribution >= 4 is 22.6 Å². The predicted octanol–water partition coefficient (Wildman–Crippen LogP) is 4.91. The van der Waals surface area contributed by atoms with Crippen molar-refractivity contribution in [3.05, 3.63) is 47.0 Å². The average Bonchev–Trinajstić information content (AvgIpc) is 2.65. The summed E-state index contributed by atoms with van der Waals surface area (Å²) in [5, 5.41) is 10.7. The van der Waals surface area contributed by atoms with Crippen molar-refractivity contribution in [2.45, 2.75) is 52.5 Å². The van der Waals surface area contributed by atoms with E-state index in [4.69, 9.17) is 0 Å². The monoisotopic (exact) mass is 360 g/mol. The fourth-order valence-corrected chi connectivity index (χ4v) is 4.74. The lowest BCUT2D eigenvalue weighted by Crippen LogP contribution is -2.49. The van der Waals surface area contributed by atoms with Gasteiger partial charge in [0.25, 0.3) is 11.8 Å². The number of amides is 2. The first kappa shape index (κ1) is 17.7. The molecule has 4 nitrogen and oxygen atoms in total. The van der Waals surface area contributed by atoms with Crippen LogP contribution in [0.3, 0.4) is 0 Å². The number of benzene rings is 2. The molecule has 2 amide bonds. The molecule has 138 valence electrons. The SMILES string of the molecule is CC(C)(C)C1CCC(N2C(=O)c3cccc4c(C#N)ccc(c34)C2=O)CC1. The Labute approximate surface area is 159 Å². The number of rotatable bonds is 1. The van der Waals surface area contributed by atoms with Gasteiger partial charge in [-0.15, -0.1) is 0 Å². The number of imide groups is 1. The Kier molecular flexibility index (Phi) is 4.07. The number of hydrogen-bond donors (Lipinski definition) is 0. The first-order chi connectivity index (χ1) is 12.8. The minimum atomic E-state index is -0.215. The highest BCUT2D eigenvalue weighted by atomic mass is 16.2. The summed E-state index contributed by atoms with van der Waals surface area (Å²) in [6.45, 7) is 6.79. The van der Waals surface area contributed by atoms with E-state index in [1.807, 2.05) is 6.07 Å². The van der Waals surface area contributed by atoms with Crippen molar-refractivity contribution < 1.29 is 9.59 Å². The fraction of sp³-hybridized carbons (Fsp3) is 0.435. The first-order valence-corrected chi connectivity index (χ1v) is 9.66. The second kappa shape index (κ2) is 6.20.